The summed E-state index contributed by atoms with van der Waals surface area (Å²) in [5.41, 5.74) is 2.13. The molecule has 2 aromatic rings. The summed E-state index contributed by atoms with van der Waals surface area (Å²) < 4.78 is 2.15. The summed E-state index contributed by atoms with van der Waals surface area (Å²) in [5, 5.41) is 13.6. The van der Waals surface area contributed by atoms with Crippen molar-refractivity contribution in [2.75, 3.05) is 0 Å². The maximum atomic E-state index is 12.7. The minimum atomic E-state index is -0.111. The largest absolute Gasteiger partial charge is 0.342 e. The molecule has 6 heteroatoms. The summed E-state index contributed by atoms with van der Waals surface area (Å²) in [4.78, 5) is 14.1. The summed E-state index contributed by atoms with van der Waals surface area (Å²) in [6.45, 7) is 5.24. The lowest BCUT2D eigenvalue weighted by Crippen LogP contribution is -2.29. The molecule has 2 aliphatic rings. The first kappa shape index (κ1) is 14.9. The van der Waals surface area contributed by atoms with Gasteiger partial charge >= 0.3 is 0 Å². The Morgan fingerprint density at radius 3 is 3.17 bits per heavy atom. The van der Waals surface area contributed by atoms with Crippen molar-refractivity contribution in [1.29, 1.82) is 0 Å². The third-order valence-corrected chi connectivity index (χ3v) is 6.07. The number of nitrogens with one attached hydrogen (secondary N) is 1. The van der Waals surface area contributed by atoms with Crippen molar-refractivity contribution in [2.24, 2.45) is 5.92 Å². The van der Waals surface area contributed by atoms with E-state index in [-0.39, 0.29) is 11.9 Å². The van der Waals surface area contributed by atoms with Gasteiger partial charge in [0.2, 0.25) is 0 Å². The van der Waals surface area contributed by atoms with Gasteiger partial charge in [-0.15, -0.1) is 21.5 Å². The Morgan fingerprint density at radius 1 is 1.43 bits per heavy atom. The van der Waals surface area contributed by atoms with Crippen LogP contribution in [-0.2, 0) is 25.8 Å². The number of nitrogens with zero attached hydrogens (tertiary/aromatic N) is 3. The van der Waals surface area contributed by atoms with Gasteiger partial charge in [0.1, 0.15) is 5.82 Å². The summed E-state index contributed by atoms with van der Waals surface area (Å²) in [6.07, 6.45) is 5.42. The highest BCUT2D eigenvalue weighted by molar-refractivity contribution is 7.10. The van der Waals surface area contributed by atoms with E-state index in [1.54, 1.807) is 11.3 Å². The minimum absolute atomic E-state index is 0.0277. The van der Waals surface area contributed by atoms with Crippen molar-refractivity contribution >= 4 is 17.2 Å². The maximum Gasteiger partial charge on any atom is 0.252 e. The lowest BCUT2D eigenvalue weighted by Gasteiger charge is -2.19. The van der Waals surface area contributed by atoms with E-state index >= 15 is 0 Å². The number of hydrogen-bond donors (Lipinski definition) is 1. The van der Waals surface area contributed by atoms with Gasteiger partial charge in [0.15, 0.2) is 5.82 Å². The second-order valence-electron chi connectivity index (χ2n) is 6.82. The van der Waals surface area contributed by atoms with Crippen molar-refractivity contribution in [2.45, 2.75) is 58.5 Å². The van der Waals surface area contributed by atoms with Crippen LogP contribution in [0.2, 0.25) is 0 Å². The first-order valence-electron chi connectivity index (χ1n) is 8.45. The highest BCUT2D eigenvalue weighted by Gasteiger charge is 2.26. The van der Waals surface area contributed by atoms with Gasteiger partial charge in [-0.3, -0.25) is 4.79 Å². The SMILES string of the molecule is C[C@@H]1CCc2c(C(=O)N[C@H](C)c3nnc4n3CCC4)csc2C1. The molecule has 0 fully saturated rings. The molecule has 4 rings (SSSR count). The molecule has 2 atom stereocenters. The van der Waals surface area contributed by atoms with Gasteiger partial charge in [0.25, 0.3) is 5.91 Å². The summed E-state index contributed by atoms with van der Waals surface area (Å²) in [5.74, 6) is 2.68. The van der Waals surface area contributed by atoms with E-state index in [2.05, 4.69) is 27.0 Å². The van der Waals surface area contributed by atoms with Crippen LogP contribution in [0.4, 0.5) is 0 Å². The van der Waals surface area contributed by atoms with Gasteiger partial charge in [-0.1, -0.05) is 6.92 Å². The Kier molecular flexibility index (Phi) is 3.71. The molecule has 5 nitrogen and oxygen atoms in total. The molecule has 23 heavy (non-hydrogen) atoms. The number of aromatic nitrogens is 3. The molecule has 0 unspecified atom stereocenters. The van der Waals surface area contributed by atoms with E-state index in [1.807, 2.05) is 12.3 Å². The van der Waals surface area contributed by atoms with Gasteiger partial charge in [-0.2, -0.15) is 0 Å². The van der Waals surface area contributed by atoms with E-state index in [1.165, 1.54) is 16.9 Å². The van der Waals surface area contributed by atoms with E-state index in [0.717, 1.165) is 55.4 Å². The maximum absolute atomic E-state index is 12.7. The Bertz CT molecular complexity index is 748. The van der Waals surface area contributed by atoms with Crippen LogP contribution >= 0.6 is 11.3 Å². The van der Waals surface area contributed by atoms with Crippen LogP contribution in [0.3, 0.4) is 0 Å². The average Bonchev–Trinajstić information content (AvgIpc) is 3.20. The Balaban J connectivity index is 1.52. The highest BCUT2D eigenvalue weighted by Crippen LogP contribution is 2.33. The molecule has 1 N–H and O–H groups in total. The summed E-state index contributed by atoms with van der Waals surface area (Å²) in [6, 6.07) is -0.111. The highest BCUT2D eigenvalue weighted by atomic mass is 32.1. The zero-order valence-corrected chi connectivity index (χ0v) is 14.4. The molecule has 0 bridgehead atoms. The van der Waals surface area contributed by atoms with Crippen molar-refractivity contribution < 1.29 is 4.79 Å². The van der Waals surface area contributed by atoms with E-state index in [4.69, 9.17) is 0 Å². The van der Waals surface area contributed by atoms with Crippen LogP contribution in [-0.4, -0.2) is 20.7 Å². The number of rotatable bonds is 3. The molecule has 1 aliphatic carbocycles. The fourth-order valence-electron chi connectivity index (χ4n) is 3.70. The molecule has 0 saturated carbocycles. The number of carbonyl (C=O) groups is 1. The summed E-state index contributed by atoms with van der Waals surface area (Å²) >= 11 is 1.73. The van der Waals surface area contributed by atoms with Gasteiger partial charge in [-0.25, -0.2) is 0 Å². The van der Waals surface area contributed by atoms with E-state index in [0.29, 0.717) is 0 Å². The van der Waals surface area contributed by atoms with Gasteiger partial charge < -0.3 is 9.88 Å². The van der Waals surface area contributed by atoms with Crippen LogP contribution < -0.4 is 5.32 Å². The molecule has 0 spiro atoms. The van der Waals surface area contributed by atoms with Crippen molar-refractivity contribution in [3.63, 3.8) is 0 Å². The Morgan fingerprint density at radius 2 is 2.30 bits per heavy atom. The van der Waals surface area contributed by atoms with Gasteiger partial charge in [-0.05, 0) is 44.1 Å². The summed E-state index contributed by atoms with van der Waals surface area (Å²) in [7, 11) is 0. The van der Waals surface area contributed by atoms with Crippen LogP contribution in [0.1, 0.15) is 65.2 Å². The smallest absolute Gasteiger partial charge is 0.252 e. The van der Waals surface area contributed by atoms with Crippen molar-refractivity contribution in [3.8, 4) is 0 Å². The van der Waals surface area contributed by atoms with E-state index < -0.39 is 0 Å². The third-order valence-electron chi connectivity index (χ3n) is 5.02. The van der Waals surface area contributed by atoms with E-state index in [9.17, 15) is 4.79 Å². The molecule has 122 valence electrons. The van der Waals surface area contributed by atoms with Crippen LogP contribution in [0.25, 0.3) is 0 Å². The predicted molar refractivity (Wildman–Crippen MR) is 89.7 cm³/mol. The molecule has 3 heterocycles. The van der Waals surface area contributed by atoms with Gasteiger partial charge in [0.05, 0.1) is 11.6 Å². The van der Waals surface area contributed by atoms with Crippen molar-refractivity contribution in [3.05, 3.63) is 33.0 Å². The topological polar surface area (TPSA) is 59.8 Å². The number of carbonyl (C=O) groups excluding carboxylic acids is 1. The lowest BCUT2D eigenvalue weighted by atomic mass is 9.88. The molecule has 0 saturated heterocycles. The minimum Gasteiger partial charge on any atom is -0.342 e. The lowest BCUT2D eigenvalue weighted by molar-refractivity contribution is 0.0936. The fourth-order valence-corrected chi connectivity index (χ4v) is 4.94. The average molecular weight is 330 g/mol. The first-order chi connectivity index (χ1) is 11.1. The standard InChI is InChI=1S/C17H22N4OS/c1-10-5-6-12-13(9-23-14(12)8-10)17(22)18-11(2)16-20-19-15-4-3-7-21(15)16/h9-11H,3-8H2,1-2H3,(H,18,22)/t10-,11-/m1/s1. The zero-order chi connectivity index (χ0) is 16.0. The Hall–Kier alpha value is -1.69. The number of amides is 1. The third kappa shape index (κ3) is 2.59. The fraction of sp³-hybridized carbons (Fsp3) is 0.588. The van der Waals surface area contributed by atoms with Crippen LogP contribution in [0, 0.1) is 5.92 Å². The monoisotopic (exact) mass is 330 g/mol. The van der Waals surface area contributed by atoms with Crippen molar-refractivity contribution in [1.82, 2.24) is 20.1 Å². The second kappa shape index (κ2) is 5.74. The predicted octanol–water partition coefficient (Wildman–Crippen LogP) is 2.90. The molecular formula is C17H22N4OS. The molecule has 0 radical (unpaired) electrons. The number of fused-ring (bicyclic) bond motifs is 2. The molecule has 1 amide bonds. The quantitative estimate of drug-likeness (QED) is 0.941. The number of hydrogen-bond acceptors (Lipinski definition) is 4. The molecule has 2 aromatic heterocycles. The zero-order valence-electron chi connectivity index (χ0n) is 13.6. The molecule has 1 aliphatic heterocycles. The molecule has 0 aromatic carbocycles. The first-order valence-corrected chi connectivity index (χ1v) is 9.33. The number of thiophene rings is 1. The van der Waals surface area contributed by atoms with Gasteiger partial charge in [0, 0.05) is 23.2 Å². The molecular weight excluding hydrogens is 308 g/mol. The normalized spacial score (nSPS) is 20.9. The second-order valence-corrected chi connectivity index (χ2v) is 7.79. The van der Waals surface area contributed by atoms with Crippen LogP contribution in [0.5, 0.6) is 0 Å². The van der Waals surface area contributed by atoms with Crippen LogP contribution in [0.15, 0.2) is 5.38 Å². The Labute approximate surface area is 140 Å². The number of aryl methyl sites for hydroxylation is 1.